The first-order valence-electron chi connectivity index (χ1n) is 7.33. The molecule has 0 heterocycles. The largest absolute Gasteiger partial charge is 0.566 e. The molecule has 0 aromatic carbocycles. The summed E-state index contributed by atoms with van der Waals surface area (Å²) in [6.45, 7) is 3.03. The Morgan fingerprint density at radius 2 is 1.15 bits per heavy atom. The number of ketones is 2. The van der Waals surface area contributed by atoms with Gasteiger partial charge in [-0.3, -0.25) is 9.59 Å². The number of hydrogen-bond donors (Lipinski definition) is 0. The van der Waals surface area contributed by atoms with Gasteiger partial charge >= 0.3 is 0 Å². The Labute approximate surface area is 118 Å². The SMILES string of the molecule is CC1(/[N+]([O-])=[N+](\[O-])C2(C)CCCCC2=O)CCCCC1=O. The fraction of sp³-hybridized carbons (Fsp3) is 0.857. The minimum Gasteiger partial charge on any atom is -0.566 e. The van der Waals surface area contributed by atoms with E-state index in [0.29, 0.717) is 25.7 Å². The van der Waals surface area contributed by atoms with Crippen molar-refractivity contribution in [3.8, 4) is 0 Å². The van der Waals surface area contributed by atoms with Crippen molar-refractivity contribution < 1.29 is 19.3 Å². The highest BCUT2D eigenvalue weighted by Gasteiger charge is 2.54. The fourth-order valence-corrected chi connectivity index (χ4v) is 3.13. The lowest BCUT2D eigenvalue weighted by Crippen LogP contribution is -2.56. The normalized spacial score (nSPS) is 36.7. The number of hydrogen-bond acceptors (Lipinski definition) is 4. The van der Waals surface area contributed by atoms with Gasteiger partial charge in [0.2, 0.25) is 11.6 Å². The Bertz CT molecular complexity index is 432. The molecule has 6 nitrogen and oxygen atoms in total. The van der Waals surface area contributed by atoms with Gasteiger partial charge in [-0.05, 0) is 25.7 Å². The predicted octanol–water partition coefficient (Wildman–Crippen LogP) is 2.26. The van der Waals surface area contributed by atoms with E-state index in [1.54, 1.807) is 0 Å². The highest BCUT2D eigenvalue weighted by Crippen LogP contribution is 2.32. The van der Waals surface area contributed by atoms with Gasteiger partial charge in [-0.25, -0.2) is 0 Å². The molecule has 2 unspecified atom stereocenters. The molecule has 2 atom stereocenters. The van der Waals surface area contributed by atoms with Crippen LogP contribution in [0.15, 0.2) is 0 Å². The van der Waals surface area contributed by atoms with E-state index in [1.165, 1.54) is 13.8 Å². The molecule has 0 amide bonds. The highest BCUT2D eigenvalue weighted by atomic mass is 16.6. The Balaban J connectivity index is 2.39. The van der Waals surface area contributed by atoms with Crippen LogP contribution in [0.5, 0.6) is 0 Å². The molecule has 0 aromatic rings. The van der Waals surface area contributed by atoms with Crippen molar-refractivity contribution in [2.45, 2.75) is 76.3 Å². The molecule has 2 aliphatic carbocycles. The molecule has 0 aliphatic heterocycles. The second-order valence-corrected chi connectivity index (χ2v) is 6.35. The topological polar surface area (TPSA) is 86.3 Å². The zero-order chi connectivity index (χ0) is 15.0. The maximum Gasteiger partial charge on any atom is 0.292 e. The van der Waals surface area contributed by atoms with Gasteiger partial charge in [0, 0.05) is 49.3 Å². The van der Waals surface area contributed by atoms with Crippen LogP contribution >= 0.6 is 0 Å². The third kappa shape index (κ3) is 2.21. The van der Waals surface area contributed by atoms with E-state index < -0.39 is 11.1 Å². The summed E-state index contributed by atoms with van der Waals surface area (Å²) in [4.78, 5) is 24.5. The number of carbonyl (C=O) groups excluding carboxylic acids is 2. The monoisotopic (exact) mass is 282 g/mol. The Kier molecular flexibility index (Phi) is 3.84. The molecule has 112 valence electrons. The van der Waals surface area contributed by atoms with Crippen molar-refractivity contribution in [2.75, 3.05) is 0 Å². The van der Waals surface area contributed by atoms with Crippen molar-refractivity contribution in [3.05, 3.63) is 10.4 Å². The zero-order valence-corrected chi connectivity index (χ0v) is 12.2. The van der Waals surface area contributed by atoms with E-state index in [4.69, 9.17) is 0 Å². The maximum atomic E-state index is 12.4. The lowest BCUT2D eigenvalue weighted by molar-refractivity contribution is -1.01. The van der Waals surface area contributed by atoms with Crippen molar-refractivity contribution >= 4 is 11.6 Å². The van der Waals surface area contributed by atoms with Crippen LogP contribution in [0.2, 0.25) is 0 Å². The van der Waals surface area contributed by atoms with Gasteiger partial charge in [0.15, 0.2) is 0 Å². The molecule has 6 heteroatoms. The lowest BCUT2D eigenvalue weighted by Gasteiger charge is -2.31. The van der Waals surface area contributed by atoms with E-state index in [-0.39, 0.29) is 21.3 Å². The summed E-state index contributed by atoms with van der Waals surface area (Å²) in [6.07, 6.45) is 4.42. The van der Waals surface area contributed by atoms with Gasteiger partial charge < -0.3 is 10.4 Å². The van der Waals surface area contributed by atoms with Gasteiger partial charge in [0.05, 0.1) is 0 Å². The summed E-state index contributed by atoms with van der Waals surface area (Å²) in [5, 5.41) is 24.9. The quantitative estimate of drug-likeness (QED) is 0.441. The molecule has 2 rings (SSSR count). The number of nitrogens with zero attached hydrogens (tertiary/aromatic N) is 2. The molecule has 20 heavy (non-hydrogen) atoms. The second kappa shape index (κ2) is 5.14. The first-order chi connectivity index (χ1) is 9.32. The summed E-state index contributed by atoms with van der Waals surface area (Å²) >= 11 is 0. The molecular formula is C14H22N2O4. The molecule has 0 aromatic heterocycles. The first-order valence-corrected chi connectivity index (χ1v) is 7.33. The van der Waals surface area contributed by atoms with Gasteiger partial charge in [-0.1, -0.05) is 0 Å². The van der Waals surface area contributed by atoms with E-state index in [1.807, 2.05) is 0 Å². The summed E-state index contributed by atoms with van der Waals surface area (Å²) in [5.41, 5.74) is -2.64. The molecule has 2 fully saturated rings. The van der Waals surface area contributed by atoms with Gasteiger partial charge in [0.25, 0.3) is 11.1 Å². The summed E-state index contributed by atoms with van der Waals surface area (Å²) in [5.74, 6) is -0.405. The Hall–Kier alpha value is -1.46. The Morgan fingerprint density at radius 3 is 1.45 bits per heavy atom. The van der Waals surface area contributed by atoms with Crippen molar-refractivity contribution in [1.82, 2.24) is 0 Å². The minimum absolute atomic E-state index is 0.202. The molecule has 0 radical (unpaired) electrons. The average Bonchev–Trinajstić information content (AvgIpc) is 2.44. The van der Waals surface area contributed by atoms with Crippen LogP contribution in [-0.2, 0) is 9.59 Å². The number of hydroxylamine groups is 2. The molecule has 2 aliphatic rings. The summed E-state index contributed by atoms with van der Waals surface area (Å²) in [6, 6.07) is 0. The van der Waals surface area contributed by atoms with Crippen LogP contribution in [0.25, 0.3) is 0 Å². The van der Waals surface area contributed by atoms with E-state index in [0.717, 1.165) is 25.7 Å². The first kappa shape index (κ1) is 14.9. The predicted molar refractivity (Wildman–Crippen MR) is 71.0 cm³/mol. The summed E-state index contributed by atoms with van der Waals surface area (Å²) in [7, 11) is 0. The molecule has 0 bridgehead atoms. The third-order valence-corrected chi connectivity index (χ3v) is 4.85. The zero-order valence-electron chi connectivity index (χ0n) is 12.2. The van der Waals surface area contributed by atoms with Crippen LogP contribution in [0, 0.1) is 10.4 Å². The Morgan fingerprint density at radius 1 is 0.800 bits per heavy atom. The number of azo groups is 1. The molecular weight excluding hydrogens is 260 g/mol. The second-order valence-electron chi connectivity index (χ2n) is 6.35. The molecule has 0 spiro atoms. The van der Waals surface area contributed by atoms with Crippen LogP contribution in [0.3, 0.4) is 0 Å². The number of Topliss-reactive ketones (excluding diaryl/α,β-unsaturated/α-hetero) is 2. The van der Waals surface area contributed by atoms with Crippen molar-refractivity contribution in [1.29, 1.82) is 0 Å². The van der Waals surface area contributed by atoms with Crippen LogP contribution in [0.1, 0.15) is 65.2 Å². The van der Waals surface area contributed by atoms with Crippen LogP contribution in [-0.4, -0.2) is 32.4 Å². The number of carbonyl (C=O) groups is 2. The van der Waals surface area contributed by atoms with E-state index in [2.05, 4.69) is 0 Å². The van der Waals surface area contributed by atoms with Gasteiger partial charge in [-0.2, -0.15) is 0 Å². The average molecular weight is 282 g/mol. The fourth-order valence-electron chi connectivity index (χ4n) is 3.13. The highest BCUT2D eigenvalue weighted by molar-refractivity contribution is 5.87. The van der Waals surface area contributed by atoms with E-state index in [9.17, 15) is 20.0 Å². The molecule has 0 saturated heterocycles. The minimum atomic E-state index is -1.32. The smallest absolute Gasteiger partial charge is 0.292 e. The van der Waals surface area contributed by atoms with Gasteiger partial charge in [0.1, 0.15) is 0 Å². The standard InChI is InChI=1S/C14H22N2O4/c1-13(9-5-3-7-11(13)17)15(19)16(20)14(2)10-6-4-8-12(14)18/h3-10H2,1-2H3/b16-15+. The molecule has 2 saturated carbocycles. The summed E-state index contributed by atoms with van der Waals surface area (Å²) < 4.78 is 0. The number of rotatable bonds is 2. The van der Waals surface area contributed by atoms with Crippen molar-refractivity contribution in [3.63, 3.8) is 0 Å². The lowest BCUT2D eigenvalue weighted by atomic mass is 9.81. The van der Waals surface area contributed by atoms with Crippen LogP contribution < -0.4 is 0 Å². The third-order valence-electron chi connectivity index (χ3n) is 4.85. The maximum absolute atomic E-state index is 12.4. The van der Waals surface area contributed by atoms with Gasteiger partial charge in [-0.15, -0.1) is 0 Å². The van der Waals surface area contributed by atoms with Crippen molar-refractivity contribution in [2.24, 2.45) is 0 Å². The van der Waals surface area contributed by atoms with Crippen LogP contribution in [0.4, 0.5) is 0 Å². The molecule has 0 N–H and O–H groups in total. The van der Waals surface area contributed by atoms with E-state index >= 15 is 0 Å².